The van der Waals surface area contributed by atoms with Gasteiger partial charge in [0.15, 0.2) is 5.82 Å². The van der Waals surface area contributed by atoms with E-state index in [9.17, 15) is 4.79 Å². The number of ether oxygens (including phenoxy) is 1. The summed E-state index contributed by atoms with van der Waals surface area (Å²) in [5.41, 5.74) is 1.28. The van der Waals surface area contributed by atoms with E-state index in [1.54, 1.807) is 19.2 Å². The number of rotatable bonds is 5. The van der Waals surface area contributed by atoms with Gasteiger partial charge in [-0.2, -0.15) is 4.98 Å². The number of aromatic amines is 1. The number of esters is 1. The summed E-state index contributed by atoms with van der Waals surface area (Å²) in [5, 5.41) is 6.78. The quantitative estimate of drug-likeness (QED) is 0.762. The second kappa shape index (κ2) is 5.46. The Hall–Kier alpha value is -2.15. The minimum atomic E-state index is -0.360. The first kappa shape index (κ1) is 12.3. The Labute approximate surface area is 104 Å². The van der Waals surface area contributed by atoms with Crippen molar-refractivity contribution < 1.29 is 14.1 Å². The Kier molecular flexibility index (Phi) is 3.73. The fourth-order valence-corrected chi connectivity index (χ4v) is 1.56. The van der Waals surface area contributed by atoms with Crippen molar-refractivity contribution in [1.82, 2.24) is 20.4 Å². The largest absolute Gasteiger partial charge is 0.465 e. The standard InChI is InChI=1S/C11H14N4O3/c1-7-14-10(18-15-7)6-12-5-9-8(3-4-13-9)11(16)17-2/h3-4,12-13H,5-6H2,1-2H3. The fraction of sp³-hybridized carbons (Fsp3) is 0.364. The molecule has 0 aliphatic heterocycles. The van der Waals surface area contributed by atoms with Gasteiger partial charge >= 0.3 is 5.97 Å². The first-order valence-corrected chi connectivity index (χ1v) is 5.45. The van der Waals surface area contributed by atoms with Gasteiger partial charge in [0, 0.05) is 18.4 Å². The first-order chi connectivity index (χ1) is 8.70. The summed E-state index contributed by atoms with van der Waals surface area (Å²) in [6.07, 6.45) is 1.69. The summed E-state index contributed by atoms with van der Waals surface area (Å²) in [6, 6.07) is 1.68. The predicted octanol–water partition coefficient (Wildman–Crippen LogP) is 0.783. The maximum absolute atomic E-state index is 11.4. The van der Waals surface area contributed by atoms with Crippen LogP contribution >= 0.6 is 0 Å². The van der Waals surface area contributed by atoms with Gasteiger partial charge < -0.3 is 19.6 Å². The number of hydrogen-bond acceptors (Lipinski definition) is 6. The Morgan fingerprint density at radius 1 is 1.56 bits per heavy atom. The number of H-pyrrole nitrogens is 1. The third-order valence-electron chi connectivity index (χ3n) is 2.39. The second-order valence-corrected chi connectivity index (χ2v) is 3.70. The lowest BCUT2D eigenvalue weighted by molar-refractivity contribution is 0.0599. The normalized spacial score (nSPS) is 10.6. The highest BCUT2D eigenvalue weighted by Gasteiger charge is 2.12. The molecule has 0 amide bonds. The molecular weight excluding hydrogens is 236 g/mol. The number of aryl methyl sites for hydroxylation is 1. The van der Waals surface area contributed by atoms with E-state index in [1.165, 1.54) is 7.11 Å². The van der Waals surface area contributed by atoms with Crippen molar-refractivity contribution >= 4 is 5.97 Å². The van der Waals surface area contributed by atoms with Crippen LogP contribution in [0.1, 0.15) is 27.8 Å². The molecule has 0 radical (unpaired) electrons. The van der Waals surface area contributed by atoms with Crippen molar-refractivity contribution in [2.45, 2.75) is 20.0 Å². The van der Waals surface area contributed by atoms with Crippen LogP contribution in [0.25, 0.3) is 0 Å². The van der Waals surface area contributed by atoms with Crippen LogP contribution in [0.15, 0.2) is 16.8 Å². The van der Waals surface area contributed by atoms with E-state index in [0.29, 0.717) is 30.4 Å². The van der Waals surface area contributed by atoms with Gasteiger partial charge in [0.2, 0.25) is 5.89 Å². The second-order valence-electron chi connectivity index (χ2n) is 3.70. The number of carbonyl (C=O) groups is 1. The van der Waals surface area contributed by atoms with Crippen molar-refractivity contribution in [2.24, 2.45) is 0 Å². The van der Waals surface area contributed by atoms with Crippen LogP contribution in [0.2, 0.25) is 0 Å². The number of nitrogens with one attached hydrogen (secondary N) is 2. The highest BCUT2D eigenvalue weighted by Crippen LogP contribution is 2.08. The van der Waals surface area contributed by atoms with Gasteiger partial charge in [-0.1, -0.05) is 5.16 Å². The average Bonchev–Trinajstić information content (AvgIpc) is 2.98. The molecular formula is C11H14N4O3. The van der Waals surface area contributed by atoms with E-state index in [0.717, 1.165) is 5.69 Å². The third kappa shape index (κ3) is 2.75. The van der Waals surface area contributed by atoms with Gasteiger partial charge in [0.25, 0.3) is 0 Å². The van der Waals surface area contributed by atoms with E-state index in [-0.39, 0.29) is 5.97 Å². The van der Waals surface area contributed by atoms with Crippen LogP contribution in [0.5, 0.6) is 0 Å². The third-order valence-corrected chi connectivity index (χ3v) is 2.39. The van der Waals surface area contributed by atoms with Crippen molar-refractivity contribution in [1.29, 1.82) is 0 Å². The molecule has 0 aromatic carbocycles. The monoisotopic (exact) mass is 250 g/mol. The molecule has 7 heteroatoms. The predicted molar refractivity (Wildman–Crippen MR) is 61.7 cm³/mol. The summed E-state index contributed by atoms with van der Waals surface area (Å²) in [4.78, 5) is 18.5. The topological polar surface area (TPSA) is 93.0 Å². The number of nitrogens with zero attached hydrogens (tertiary/aromatic N) is 2. The lowest BCUT2D eigenvalue weighted by atomic mass is 10.2. The molecule has 96 valence electrons. The lowest BCUT2D eigenvalue weighted by Gasteiger charge is -2.03. The van der Waals surface area contributed by atoms with Crippen LogP contribution in [0.4, 0.5) is 0 Å². The molecule has 0 bridgehead atoms. The minimum absolute atomic E-state index is 0.360. The Balaban J connectivity index is 1.90. The summed E-state index contributed by atoms with van der Waals surface area (Å²) in [5.74, 6) is 0.752. The zero-order valence-electron chi connectivity index (χ0n) is 10.2. The van der Waals surface area contributed by atoms with Crippen LogP contribution in [0, 0.1) is 6.92 Å². The van der Waals surface area contributed by atoms with Crippen molar-refractivity contribution in [3.8, 4) is 0 Å². The van der Waals surface area contributed by atoms with Gasteiger partial charge in [-0.25, -0.2) is 4.79 Å². The van der Waals surface area contributed by atoms with Gasteiger partial charge in [0.1, 0.15) is 0 Å². The molecule has 0 unspecified atom stereocenters. The maximum Gasteiger partial charge on any atom is 0.339 e. The zero-order chi connectivity index (χ0) is 13.0. The lowest BCUT2D eigenvalue weighted by Crippen LogP contribution is -2.16. The Morgan fingerprint density at radius 3 is 3.06 bits per heavy atom. The summed E-state index contributed by atoms with van der Waals surface area (Å²) in [7, 11) is 1.35. The molecule has 2 rings (SSSR count). The fourth-order valence-electron chi connectivity index (χ4n) is 1.56. The molecule has 2 N–H and O–H groups in total. The first-order valence-electron chi connectivity index (χ1n) is 5.45. The Morgan fingerprint density at radius 2 is 2.39 bits per heavy atom. The molecule has 2 aromatic heterocycles. The molecule has 18 heavy (non-hydrogen) atoms. The molecule has 0 aliphatic rings. The van der Waals surface area contributed by atoms with Gasteiger partial charge in [-0.3, -0.25) is 0 Å². The highest BCUT2D eigenvalue weighted by molar-refractivity contribution is 5.90. The molecule has 0 saturated heterocycles. The molecule has 0 fully saturated rings. The number of carbonyl (C=O) groups excluding carboxylic acids is 1. The van der Waals surface area contributed by atoms with E-state index in [2.05, 4.69) is 25.2 Å². The molecule has 2 aromatic rings. The molecule has 0 saturated carbocycles. The van der Waals surface area contributed by atoms with Gasteiger partial charge in [-0.05, 0) is 13.0 Å². The van der Waals surface area contributed by atoms with Crippen molar-refractivity contribution in [3.05, 3.63) is 35.2 Å². The SMILES string of the molecule is COC(=O)c1cc[nH]c1CNCc1nc(C)no1. The van der Waals surface area contributed by atoms with Crippen LogP contribution in [-0.4, -0.2) is 28.2 Å². The molecule has 0 aliphatic carbocycles. The van der Waals surface area contributed by atoms with E-state index in [4.69, 9.17) is 4.52 Å². The van der Waals surface area contributed by atoms with Crippen LogP contribution in [0.3, 0.4) is 0 Å². The van der Waals surface area contributed by atoms with Crippen LogP contribution < -0.4 is 5.32 Å². The highest BCUT2D eigenvalue weighted by atomic mass is 16.5. The van der Waals surface area contributed by atoms with E-state index >= 15 is 0 Å². The average molecular weight is 250 g/mol. The van der Waals surface area contributed by atoms with E-state index < -0.39 is 0 Å². The zero-order valence-corrected chi connectivity index (χ0v) is 10.2. The molecule has 7 nitrogen and oxygen atoms in total. The van der Waals surface area contributed by atoms with Crippen molar-refractivity contribution in [2.75, 3.05) is 7.11 Å². The number of aromatic nitrogens is 3. The summed E-state index contributed by atoms with van der Waals surface area (Å²) >= 11 is 0. The molecule has 0 spiro atoms. The van der Waals surface area contributed by atoms with Crippen molar-refractivity contribution in [3.63, 3.8) is 0 Å². The van der Waals surface area contributed by atoms with E-state index in [1.807, 2.05) is 0 Å². The minimum Gasteiger partial charge on any atom is -0.465 e. The van der Waals surface area contributed by atoms with Gasteiger partial charge in [0.05, 0.1) is 19.2 Å². The summed E-state index contributed by atoms with van der Waals surface area (Å²) in [6.45, 7) is 2.69. The molecule has 2 heterocycles. The number of methoxy groups -OCH3 is 1. The maximum atomic E-state index is 11.4. The molecule has 0 atom stereocenters. The smallest absolute Gasteiger partial charge is 0.339 e. The Bertz CT molecular complexity index is 532. The van der Waals surface area contributed by atoms with Crippen LogP contribution in [-0.2, 0) is 17.8 Å². The summed E-state index contributed by atoms with van der Waals surface area (Å²) < 4.78 is 9.63. The van der Waals surface area contributed by atoms with Gasteiger partial charge in [-0.15, -0.1) is 0 Å². The number of hydrogen-bond donors (Lipinski definition) is 2.